The SMILES string of the molecule is Cn1cc(Nc2ncc(Cl)c(N3C[C@]4(C)CNC[C@]4(C)C3)n2)cn1. The van der Waals surface area contributed by atoms with Crippen LogP contribution in [0.1, 0.15) is 13.8 Å². The number of rotatable bonds is 3. The maximum absolute atomic E-state index is 6.40. The number of nitrogens with zero attached hydrogens (tertiary/aromatic N) is 5. The molecule has 2 atom stereocenters. The summed E-state index contributed by atoms with van der Waals surface area (Å²) in [6.07, 6.45) is 5.29. The number of hydrogen-bond acceptors (Lipinski definition) is 6. The summed E-state index contributed by atoms with van der Waals surface area (Å²) in [6.45, 7) is 8.64. The first-order valence-corrected chi connectivity index (χ1v) is 8.50. The van der Waals surface area contributed by atoms with Crippen molar-refractivity contribution in [3.8, 4) is 0 Å². The van der Waals surface area contributed by atoms with Crippen LogP contribution < -0.4 is 15.5 Å². The molecule has 0 aliphatic carbocycles. The lowest BCUT2D eigenvalue weighted by Crippen LogP contribution is -2.34. The fourth-order valence-corrected chi connectivity index (χ4v) is 4.05. The van der Waals surface area contributed by atoms with Crippen molar-refractivity contribution in [1.29, 1.82) is 0 Å². The number of anilines is 3. The van der Waals surface area contributed by atoms with Crippen LogP contribution in [-0.4, -0.2) is 45.9 Å². The van der Waals surface area contributed by atoms with E-state index in [9.17, 15) is 0 Å². The highest BCUT2D eigenvalue weighted by molar-refractivity contribution is 6.32. The van der Waals surface area contributed by atoms with Gasteiger partial charge in [0.2, 0.25) is 5.95 Å². The van der Waals surface area contributed by atoms with Crippen LogP contribution in [0, 0.1) is 10.8 Å². The van der Waals surface area contributed by atoms with Crippen molar-refractivity contribution in [3.05, 3.63) is 23.6 Å². The fraction of sp³-hybridized carbons (Fsp3) is 0.562. The molecule has 2 saturated heterocycles. The van der Waals surface area contributed by atoms with Crippen molar-refractivity contribution < 1.29 is 0 Å². The first-order chi connectivity index (χ1) is 11.4. The monoisotopic (exact) mass is 347 g/mol. The van der Waals surface area contributed by atoms with E-state index in [0.717, 1.165) is 37.7 Å². The van der Waals surface area contributed by atoms with Crippen molar-refractivity contribution in [2.75, 3.05) is 36.4 Å². The summed E-state index contributed by atoms with van der Waals surface area (Å²) in [6, 6.07) is 0. The van der Waals surface area contributed by atoms with Crippen molar-refractivity contribution in [2.45, 2.75) is 13.8 Å². The van der Waals surface area contributed by atoms with Crippen LogP contribution >= 0.6 is 11.6 Å². The molecular weight excluding hydrogens is 326 g/mol. The van der Waals surface area contributed by atoms with Gasteiger partial charge in [-0.3, -0.25) is 4.68 Å². The highest BCUT2D eigenvalue weighted by atomic mass is 35.5. The Labute approximate surface area is 146 Å². The molecule has 2 N–H and O–H groups in total. The topological polar surface area (TPSA) is 70.9 Å². The second-order valence-corrected chi connectivity index (χ2v) is 7.88. The normalized spacial score (nSPS) is 29.1. The molecule has 0 unspecified atom stereocenters. The molecule has 0 saturated carbocycles. The predicted molar refractivity (Wildman–Crippen MR) is 94.8 cm³/mol. The Bertz CT molecular complexity index is 758. The van der Waals surface area contributed by atoms with Crippen molar-refractivity contribution in [2.24, 2.45) is 17.9 Å². The molecule has 24 heavy (non-hydrogen) atoms. The van der Waals surface area contributed by atoms with E-state index in [4.69, 9.17) is 11.6 Å². The summed E-state index contributed by atoms with van der Waals surface area (Å²) in [5, 5.41) is 11.4. The lowest BCUT2D eigenvalue weighted by molar-refractivity contribution is 0.212. The largest absolute Gasteiger partial charge is 0.354 e. The standard InChI is InChI=1S/C16H22ClN7/c1-15-7-18-8-16(15,2)10-24(9-15)13-12(17)5-19-14(22-13)21-11-4-20-23(3)6-11/h4-6,18H,7-10H2,1-3H3,(H,19,21,22)/t15-,16+. The zero-order valence-electron chi connectivity index (χ0n) is 14.2. The van der Waals surface area contributed by atoms with Crippen LogP contribution in [0.25, 0.3) is 0 Å². The Morgan fingerprint density at radius 3 is 2.54 bits per heavy atom. The third kappa shape index (κ3) is 2.43. The van der Waals surface area contributed by atoms with Crippen LogP contribution in [0.5, 0.6) is 0 Å². The van der Waals surface area contributed by atoms with Crippen LogP contribution in [0.4, 0.5) is 17.5 Å². The smallest absolute Gasteiger partial charge is 0.229 e. The number of fused-ring (bicyclic) bond motifs is 1. The number of halogens is 1. The van der Waals surface area contributed by atoms with Crippen LogP contribution in [0.3, 0.4) is 0 Å². The summed E-state index contributed by atoms with van der Waals surface area (Å²) >= 11 is 6.40. The molecule has 2 aliphatic heterocycles. The van der Waals surface area contributed by atoms with E-state index in [1.54, 1.807) is 17.1 Å². The Morgan fingerprint density at radius 1 is 1.21 bits per heavy atom. The van der Waals surface area contributed by atoms with Gasteiger partial charge in [-0.2, -0.15) is 10.1 Å². The molecule has 0 aromatic carbocycles. The van der Waals surface area contributed by atoms with E-state index < -0.39 is 0 Å². The summed E-state index contributed by atoms with van der Waals surface area (Å²) < 4.78 is 1.73. The van der Waals surface area contributed by atoms with Gasteiger partial charge < -0.3 is 15.5 Å². The Morgan fingerprint density at radius 2 is 1.92 bits per heavy atom. The summed E-state index contributed by atoms with van der Waals surface area (Å²) in [5.41, 5.74) is 1.32. The first-order valence-electron chi connectivity index (χ1n) is 8.13. The number of nitrogens with one attached hydrogen (secondary N) is 2. The molecule has 128 valence electrons. The lowest BCUT2D eigenvalue weighted by Gasteiger charge is -2.30. The summed E-state index contributed by atoms with van der Waals surface area (Å²) in [4.78, 5) is 11.2. The third-order valence-corrected chi connectivity index (χ3v) is 5.82. The second-order valence-electron chi connectivity index (χ2n) is 7.47. The van der Waals surface area contributed by atoms with E-state index >= 15 is 0 Å². The fourth-order valence-electron chi connectivity index (χ4n) is 3.84. The molecule has 4 heterocycles. The van der Waals surface area contributed by atoms with Crippen molar-refractivity contribution in [1.82, 2.24) is 25.1 Å². The molecule has 7 nitrogen and oxygen atoms in total. The molecular formula is C16H22ClN7. The maximum Gasteiger partial charge on any atom is 0.229 e. The number of hydrogen-bond donors (Lipinski definition) is 2. The molecule has 2 aromatic heterocycles. The molecule has 2 aromatic rings. The van der Waals surface area contributed by atoms with E-state index in [1.165, 1.54) is 0 Å². The molecule has 0 bridgehead atoms. The van der Waals surface area contributed by atoms with Gasteiger partial charge in [0.1, 0.15) is 5.02 Å². The lowest BCUT2D eigenvalue weighted by atomic mass is 9.71. The van der Waals surface area contributed by atoms with Crippen molar-refractivity contribution >= 4 is 29.1 Å². The second kappa shape index (κ2) is 5.32. The van der Waals surface area contributed by atoms with Crippen LogP contribution in [0.2, 0.25) is 5.02 Å². The minimum atomic E-state index is 0.234. The van der Waals surface area contributed by atoms with E-state index in [0.29, 0.717) is 11.0 Å². The van der Waals surface area contributed by atoms with Gasteiger partial charge in [0, 0.05) is 50.3 Å². The van der Waals surface area contributed by atoms with E-state index in [1.807, 2.05) is 13.2 Å². The van der Waals surface area contributed by atoms with Gasteiger partial charge in [0.05, 0.1) is 18.1 Å². The Hall–Kier alpha value is -1.86. The minimum absolute atomic E-state index is 0.234. The molecule has 4 rings (SSSR count). The van der Waals surface area contributed by atoms with Crippen LogP contribution in [-0.2, 0) is 7.05 Å². The molecule has 8 heteroatoms. The van der Waals surface area contributed by atoms with Gasteiger partial charge >= 0.3 is 0 Å². The molecule has 2 aliphatic rings. The summed E-state index contributed by atoms with van der Waals surface area (Å²) in [7, 11) is 1.87. The van der Waals surface area contributed by atoms with Gasteiger partial charge in [-0.05, 0) is 0 Å². The van der Waals surface area contributed by atoms with E-state index in [2.05, 4.69) is 44.4 Å². The highest BCUT2D eigenvalue weighted by Gasteiger charge is 2.55. The maximum atomic E-state index is 6.40. The first kappa shape index (κ1) is 15.7. The molecule has 0 amide bonds. The minimum Gasteiger partial charge on any atom is -0.354 e. The zero-order valence-corrected chi connectivity index (χ0v) is 14.9. The van der Waals surface area contributed by atoms with Gasteiger partial charge in [-0.1, -0.05) is 25.4 Å². The number of aromatic nitrogens is 4. The van der Waals surface area contributed by atoms with Crippen molar-refractivity contribution in [3.63, 3.8) is 0 Å². The molecule has 0 radical (unpaired) electrons. The zero-order chi connectivity index (χ0) is 16.9. The average molecular weight is 348 g/mol. The third-order valence-electron chi connectivity index (χ3n) is 5.55. The number of aryl methyl sites for hydroxylation is 1. The van der Waals surface area contributed by atoms with Gasteiger partial charge in [-0.15, -0.1) is 0 Å². The predicted octanol–water partition coefficient (Wildman–Crippen LogP) is 2.04. The van der Waals surface area contributed by atoms with E-state index in [-0.39, 0.29) is 10.8 Å². The Kier molecular flexibility index (Phi) is 3.47. The van der Waals surface area contributed by atoms with Gasteiger partial charge in [-0.25, -0.2) is 4.98 Å². The highest BCUT2D eigenvalue weighted by Crippen LogP contribution is 2.50. The van der Waals surface area contributed by atoms with Gasteiger partial charge in [0.15, 0.2) is 5.82 Å². The Balaban J connectivity index is 1.61. The van der Waals surface area contributed by atoms with Crippen LogP contribution in [0.15, 0.2) is 18.6 Å². The van der Waals surface area contributed by atoms with Gasteiger partial charge in [0.25, 0.3) is 0 Å². The average Bonchev–Trinajstić information content (AvgIpc) is 3.11. The quantitative estimate of drug-likeness (QED) is 0.885. The molecule has 0 spiro atoms. The summed E-state index contributed by atoms with van der Waals surface area (Å²) in [5.74, 6) is 1.34. The molecule has 2 fully saturated rings.